The maximum absolute atomic E-state index is 5.25. The average molecular weight is 213 g/mol. The Kier molecular flexibility index (Phi) is 3.20. The summed E-state index contributed by atoms with van der Waals surface area (Å²) in [6, 6.07) is 12.1. The number of aryl methyl sites for hydroxylation is 1. The van der Waals surface area contributed by atoms with Gasteiger partial charge in [-0.15, -0.1) is 0 Å². The molecule has 0 radical (unpaired) electrons. The van der Waals surface area contributed by atoms with Gasteiger partial charge in [0.25, 0.3) is 0 Å². The van der Waals surface area contributed by atoms with E-state index in [4.69, 9.17) is 4.74 Å². The highest BCUT2D eigenvalue weighted by Gasteiger charge is 2.06. The number of hydrogen-bond donors (Lipinski definition) is 0. The van der Waals surface area contributed by atoms with Crippen LogP contribution in [0.3, 0.4) is 0 Å². The molecule has 0 saturated heterocycles. The van der Waals surface area contributed by atoms with Crippen molar-refractivity contribution >= 4 is 0 Å². The standard InChI is InChI=1S/C14H15NO/c1-3-11-7-8-12(16-2)10-13(11)14-6-4-5-9-15-14/h4-10H,3H2,1-2H3. The van der Waals surface area contributed by atoms with Gasteiger partial charge in [0, 0.05) is 11.8 Å². The number of pyridine rings is 1. The summed E-state index contributed by atoms with van der Waals surface area (Å²) in [5.74, 6) is 0.873. The fourth-order valence-corrected chi connectivity index (χ4v) is 1.75. The molecule has 2 nitrogen and oxygen atoms in total. The summed E-state index contributed by atoms with van der Waals surface area (Å²) in [7, 11) is 1.68. The van der Waals surface area contributed by atoms with Crippen LogP contribution in [-0.2, 0) is 6.42 Å². The summed E-state index contributed by atoms with van der Waals surface area (Å²) in [6.45, 7) is 2.15. The molecule has 0 unspecified atom stereocenters. The van der Waals surface area contributed by atoms with Gasteiger partial charge in [0.1, 0.15) is 5.75 Å². The van der Waals surface area contributed by atoms with Crippen LogP contribution < -0.4 is 4.74 Å². The zero-order chi connectivity index (χ0) is 11.4. The Morgan fingerprint density at radius 1 is 1.19 bits per heavy atom. The molecule has 1 heterocycles. The molecule has 1 aromatic heterocycles. The number of rotatable bonds is 3. The maximum atomic E-state index is 5.25. The van der Waals surface area contributed by atoms with Crippen LogP contribution in [0, 0.1) is 0 Å². The first-order chi connectivity index (χ1) is 7.85. The van der Waals surface area contributed by atoms with Crippen LogP contribution >= 0.6 is 0 Å². The lowest BCUT2D eigenvalue weighted by Crippen LogP contribution is -1.91. The van der Waals surface area contributed by atoms with Crippen molar-refractivity contribution in [1.29, 1.82) is 0 Å². The summed E-state index contributed by atoms with van der Waals surface area (Å²) >= 11 is 0. The molecule has 2 heteroatoms. The Morgan fingerprint density at radius 2 is 2.06 bits per heavy atom. The normalized spacial score (nSPS) is 10.1. The number of hydrogen-bond acceptors (Lipinski definition) is 2. The van der Waals surface area contributed by atoms with E-state index < -0.39 is 0 Å². The monoisotopic (exact) mass is 213 g/mol. The van der Waals surface area contributed by atoms with E-state index >= 15 is 0 Å². The van der Waals surface area contributed by atoms with Gasteiger partial charge in [-0.1, -0.05) is 19.1 Å². The molecule has 0 aliphatic carbocycles. The number of methoxy groups -OCH3 is 1. The van der Waals surface area contributed by atoms with Crippen molar-refractivity contribution < 1.29 is 4.74 Å². The molecular formula is C14H15NO. The first-order valence-corrected chi connectivity index (χ1v) is 5.43. The fraction of sp³-hybridized carbons (Fsp3) is 0.214. The fourth-order valence-electron chi connectivity index (χ4n) is 1.75. The first-order valence-electron chi connectivity index (χ1n) is 5.43. The predicted octanol–water partition coefficient (Wildman–Crippen LogP) is 3.32. The molecule has 0 bridgehead atoms. The first kappa shape index (κ1) is 10.7. The molecule has 16 heavy (non-hydrogen) atoms. The third-order valence-electron chi connectivity index (χ3n) is 2.64. The summed E-state index contributed by atoms with van der Waals surface area (Å²) in [6.07, 6.45) is 2.81. The topological polar surface area (TPSA) is 22.1 Å². The van der Waals surface area contributed by atoms with Crippen LogP contribution in [0.25, 0.3) is 11.3 Å². The lowest BCUT2D eigenvalue weighted by Gasteiger charge is -2.09. The molecule has 0 aliphatic rings. The van der Waals surface area contributed by atoms with Crippen molar-refractivity contribution in [3.8, 4) is 17.0 Å². The number of nitrogens with zero attached hydrogens (tertiary/aromatic N) is 1. The molecule has 1 aromatic carbocycles. The molecule has 0 aliphatic heterocycles. The summed E-state index contributed by atoms with van der Waals surface area (Å²) in [5, 5.41) is 0. The van der Waals surface area contributed by atoms with Crippen LogP contribution in [0.2, 0.25) is 0 Å². The van der Waals surface area contributed by atoms with Gasteiger partial charge in [-0.25, -0.2) is 0 Å². The molecule has 0 saturated carbocycles. The van der Waals surface area contributed by atoms with Gasteiger partial charge in [0.05, 0.1) is 12.8 Å². The molecule has 2 aromatic rings. The largest absolute Gasteiger partial charge is 0.497 e. The zero-order valence-electron chi connectivity index (χ0n) is 9.60. The van der Waals surface area contributed by atoms with E-state index in [-0.39, 0.29) is 0 Å². The van der Waals surface area contributed by atoms with E-state index in [0.717, 1.165) is 23.4 Å². The van der Waals surface area contributed by atoms with Crippen molar-refractivity contribution in [2.24, 2.45) is 0 Å². The van der Waals surface area contributed by atoms with Gasteiger partial charge in [0.15, 0.2) is 0 Å². The quantitative estimate of drug-likeness (QED) is 0.780. The minimum Gasteiger partial charge on any atom is -0.497 e. The maximum Gasteiger partial charge on any atom is 0.119 e. The van der Waals surface area contributed by atoms with E-state index in [1.54, 1.807) is 7.11 Å². The summed E-state index contributed by atoms with van der Waals surface area (Å²) in [5.41, 5.74) is 3.44. The average Bonchev–Trinajstić information content (AvgIpc) is 2.39. The van der Waals surface area contributed by atoms with Crippen molar-refractivity contribution in [1.82, 2.24) is 4.98 Å². The lowest BCUT2D eigenvalue weighted by atomic mass is 10.0. The Morgan fingerprint density at radius 3 is 2.69 bits per heavy atom. The highest BCUT2D eigenvalue weighted by atomic mass is 16.5. The van der Waals surface area contributed by atoms with E-state index in [2.05, 4.69) is 18.0 Å². The molecule has 2 rings (SSSR count). The minimum absolute atomic E-state index is 0.873. The van der Waals surface area contributed by atoms with E-state index in [1.807, 2.05) is 36.5 Å². The Hall–Kier alpha value is -1.83. The Bertz CT molecular complexity index is 465. The third-order valence-corrected chi connectivity index (χ3v) is 2.64. The highest BCUT2D eigenvalue weighted by Crippen LogP contribution is 2.26. The second-order valence-corrected chi connectivity index (χ2v) is 3.59. The molecular weight excluding hydrogens is 198 g/mol. The van der Waals surface area contributed by atoms with Gasteiger partial charge < -0.3 is 4.74 Å². The second-order valence-electron chi connectivity index (χ2n) is 3.59. The van der Waals surface area contributed by atoms with E-state index in [1.165, 1.54) is 5.56 Å². The van der Waals surface area contributed by atoms with E-state index in [0.29, 0.717) is 0 Å². The van der Waals surface area contributed by atoms with E-state index in [9.17, 15) is 0 Å². The molecule has 0 N–H and O–H groups in total. The number of ether oxygens (including phenoxy) is 1. The summed E-state index contributed by atoms with van der Waals surface area (Å²) < 4.78 is 5.25. The van der Waals surface area contributed by atoms with Gasteiger partial charge in [-0.05, 0) is 36.2 Å². The number of benzene rings is 1. The summed E-state index contributed by atoms with van der Waals surface area (Å²) in [4.78, 5) is 4.38. The van der Waals surface area contributed by atoms with Crippen molar-refractivity contribution in [3.63, 3.8) is 0 Å². The Balaban J connectivity index is 2.53. The molecule has 82 valence electrons. The molecule has 0 spiro atoms. The van der Waals surface area contributed by atoms with Crippen LogP contribution in [0.1, 0.15) is 12.5 Å². The minimum atomic E-state index is 0.873. The van der Waals surface area contributed by atoms with Crippen LogP contribution in [0.4, 0.5) is 0 Å². The smallest absolute Gasteiger partial charge is 0.119 e. The van der Waals surface area contributed by atoms with Gasteiger partial charge >= 0.3 is 0 Å². The van der Waals surface area contributed by atoms with Gasteiger partial charge in [-0.2, -0.15) is 0 Å². The zero-order valence-corrected chi connectivity index (χ0v) is 9.60. The van der Waals surface area contributed by atoms with Gasteiger partial charge in [0.2, 0.25) is 0 Å². The Labute approximate surface area is 95.9 Å². The van der Waals surface area contributed by atoms with Crippen molar-refractivity contribution in [3.05, 3.63) is 48.2 Å². The lowest BCUT2D eigenvalue weighted by molar-refractivity contribution is 0.415. The van der Waals surface area contributed by atoms with Crippen molar-refractivity contribution in [2.75, 3.05) is 7.11 Å². The second kappa shape index (κ2) is 4.79. The third kappa shape index (κ3) is 2.06. The predicted molar refractivity (Wildman–Crippen MR) is 65.6 cm³/mol. The SMILES string of the molecule is CCc1ccc(OC)cc1-c1ccccn1. The molecule has 0 fully saturated rings. The van der Waals surface area contributed by atoms with Crippen LogP contribution in [0.5, 0.6) is 5.75 Å². The van der Waals surface area contributed by atoms with Gasteiger partial charge in [-0.3, -0.25) is 4.98 Å². The van der Waals surface area contributed by atoms with Crippen LogP contribution in [-0.4, -0.2) is 12.1 Å². The number of aromatic nitrogens is 1. The molecule has 0 atom stereocenters. The van der Waals surface area contributed by atoms with Crippen LogP contribution in [0.15, 0.2) is 42.6 Å². The highest BCUT2D eigenvalue weighted by molar-refractivity contribution is 5.65. The van der Waals surface area contributed by atoms with Crippen molar-refractivity contribution in [2.45, 2.75) is 13.3 Å². The molecule has 0 amide bonds.